The van der Waals surface area contributed by atoms with Gasteiger partial charge >= 0.3 is 5.97 Å². The third-order valence-corrected chi connectivity index (χ3v) is 3.73. The van der Waals surface area contributed by atoms with Crippen molar-refractivity contribution in [3.8, 4) is 0 Å². The molecule has 1 heterocycles. The highest BCUT2D eigenvalue weighted by molar-refractivity contribution is 6.07. The molecule has 102 valence electrons. The average Bonchev–Trinajstić information content (AvgIpc) is 2.34. The minimum atomic E-state index is -1.19. The molecule has 19 heavy (non-hydrogen) atoms. The number of ketones is 1. The summed E-state index contributed by atoms with van der Waals surface area (Å²) in [5.41, 5.74) is -1.91. The van der Waals surface area contributed by atoms with Crippen molar-refractivity contribution in [3.05, 3.63) is 35.6 Å². The number of cyclic esters (lactones) is 1. The number of halogens is 1. The molecule has 0 N–H and O–H groups in total. The van der Waals surface area contributed by atoms with E-state index in [1.807, 2.05) is 0 Å². The molecule has 4 heteroatoms. The Morgan fingerprint density at radius 1 is 1.11 bits per heavy atom. The van der Waals surface area contributed by atoms with Gasteiger partial charge in [0.2, 0.25) is 0 Å². The Bertz CT molecular complexity index is 546. The minimum Gasteiger partial charge on any atom is -0.456 e. The molecule has 3 nitrogen and oxygen atoms in total. The van der Waals surface area contributed by atoms with Gasteiger partial charge in [0.1, 0.15) is 17.3 Å². The van der Waals surface area contributed by atoms with Crippen molar-refractivity contribution in [2.45, 2.75) is 33.8 Å². The maximum Gasteiger partial charge on any atom is 0.319 e. The van der Waals surface area contributed by atoms with Crippen LogP contribution >= 0.6 is 0 Å². The topological polar surface area (TPSA) is 43.4 Å². The number of Topliss-reactive ketones (excluding diaryl/α,β-unsaturated/α-hetero) is 1. The van der Waals surface area contributed by atoms with Crippen molar-refractivity contribution in [2.24, 2.45) is 10.8 Å². The van der Waals surface area contributed by atoms with Crippen LogP contribution in [0.25, 0.3) is 0 Å². The fourth-order valence-corrected chi connectivity index (χ4v) is 2.56. The normalized spacial score (nSPS) is 25.0. The second kappa shape index (κ2) is 4.15. The molecule has 1 fully saturated rings. The number of benzene rings is 1. The van der Waals surface area contributed by atoms with Gasteiger partial charge in [0, 0.05) is 5.56 Å². The quantitative estimate of drug-likeness (QED) is 0.578. The van der Waals surface area contributed by atoms with E-state index in [2.05, 4.69) is 0 Å². The predicted octanol–water partition coefficient (Wildman–Crippen LogP) is 3.05. The average molecular weight is 264 g/mol. The van der Waals surface area contributed by atoms with Crippen molar-refractivity contribution in [2.75, 3.05) is 0 Å². The van der Waals surface area contributed by atoms with Crippen molar-refractivity contribution in [1.82, 2.24) is 0 Å². The van der Waals surface area contributed by atoms with Gasteiger partial charge < -0.3 is 4.74 Å². The lowest BCUT2D eigenvalue weighted by Crippen LogP contribution is -2.52. The smallest absolute Gasteiger partial charge is 0.319 e. The third-order valence-electron chi connectivity index (χ3n) is 3.73. The van der Waals surface area contributed by atoms with Crippen LogP contribution in [0.2, 0.25) is 0 Å². The molecule has 0 spiro atoms. The molecule has 1 aliphatic rings. The van der Waals surface area contributed by atoms with Gasteiger partial charge in [-0.2, -0.15) is 0 Å². The van der Waals surface area contributed by atoms with Gasteiger partial charge in [-0.25, -0.2) is 4.39 Å². The summed E-state index contributed by atoms with van der Waals surface area (Å²) in [6, 6.07) is 6.05. The van der Waals surface area contributed by atoms with Crippen molar-refractivity contribution >= 4 is 11.8 Å². The van der Waals surface area contributed by atoms with Crippen LogP contribution in [0.1, 0.15) is 39.4 Å². The summed E-state index contributed by atoms with van der Waals surface area (Å²) >= 11 is 0. The molecule has 1 aliphatic heterocycles. The summed E-state index contributed by atoms with van der Waals surface area (Å²) in [6.07, 6.45) is -0.887. The molecule has 2 rings (SSSR count). The van der Waals surface area contributed by atoms with E-state index in [-0.39, 0.29) is 11.3 Å². The number of hydrogen-bond acceptors (Lipinski definition) is 3. The SMILES string of the molecule is CC1(C)C(=O)O[C@@H](c2ccccc2F)C(C)(C)C1=O. The van der Waals surface area contributed by atoms with Crippen LogP contribution in [0.15, 0.2) is 24.3 Å². The monoisotopic (exact) mass is 264 g/mol. The van der Waals surface area contributed by atoms with Crippen molar-refractivity contribution in [1.29, 1.82) is 0 Å². The zero-order chi connectivity index (χ0) is 14.4. The third kappa shape index (κ3) is 1.95. The highest BCUT2D eigenvalue weighted by Crippen LogP contribution is 2.47. The maximum atomic E-state index is 13.9. The first-order valence-electron chi connectivity index (χ1n) is 6.19. The highest BCUT2D eigenvalue weighted by atomic mass is 19.1. The largest absolute Gasteiger partial charge is 0.456 e. The summed E-state index contributed by atoms with van der Waals surface area (Å²) in [5.74, 6) is -1.31. The van der Waals surface area contributed by atoms with Gasteiger partial charge in [-0.15, -0.1) is 0 Å². The summed E-state index contributed by atoms with van der Waals surface area (Å²) in [6.45, 7) is 6.44. The van der Waals surface area contributed by atoms with Gasteiger partial charge in [-0.3, -0.25) is 9.59 Å². The van der Waals surface area contributed by atoms with Crippen molar-refractivity contribution in [3.63, 3.8) is 0 Å². The van der Waals surface area contributed by atoms with Crippen LogP contribution in [-0.2, 0) is 14.3 Å². The molecule has 1 aromatic carbocycles. The van der Waals surface area contributed by atoms with E-state index < -0.39 is 28.7 Å². The van der Waals surface area contributed by atoms with Crippen LogP contribution in [0.3, 0.4) is 0 Å². The first kappa shape index (κ1) is 13.7. The van der Waals surface area contributed by atoms with Crippen molar-refractivity contribution < 1.29 is 18.7 Å². The van der Waals surface area contributed by atoms with E-state index in [0.29, 0.717) is 0 Å². The molecule has 0 aliphatic carbocycles. The molecule has 1 atom stereocenters. The molecular formula is C15H17FO3. The zero-order valence-corrected chi connectivity index (χ0v) is 11.5. The summed E-state index contributed by atoms with van der Waals surface area (Å²) < 4.78 is 19.2. The molecule has 0 aromatic heterocycles. The lowest BCUT2D eigenvalue weighted by Gasteiger charge is -2.43. The first-order chi connectivity index (χ1) is 8.69. The Balaban J connectivity index is 2.52. The van der Waals surface area contributed by atoms with Crippen LogP contribution < -0.4 is 0 Å². The summed E-state index contributed by atoms with van der Waals surface area (Å²) in [5, 5.41) is 0. The Morgan fingerprint density at radius 3 is 2.26 bits per heavy atom. The molecule has 0 bridgehead atoms. The molecule has 0 radical (unpaired) electrons. The van der Waals surface area contributed by atoms with Crippen LogP contribution in [0.5, 0.6) is 0 Å². The van der Waals surface area contributed by atoms with Gasteiger partial charge in [0.15, 0.2) is 5.78 Å². The molecule has 0 saturated carbocycles. The molecule has 0 unspecified atom stereocenters. The van der Waals surface area contributed by atoms with Crippen LogP contribution in [0.4, 0.5) is 4.39 Å². The van der Waals surface area contributed by atoms with Crippen LogP contribution in [0, 0.1) is 16.6 Å². The van der Waals surface area contributed by atoms with Gasteiger partial charge in [0.25, 0.3) is 0 Å². The number of hydrogen-bond donors (Lipinski definition) is 0. The maximum absolute atomic E-state index is 13.9. The molecular weight excluding hydrogens is 247 g/mol. The number of carbonyl (C=O) groups excluding carboxylic acids is 2. The predicted molar refractivity (Wildman–Crippen MR) is 67.8 cm³/mol. The lowest BCUT2D eigenvalue weighted by molar-refractivity contribution is -0.186. The Labute approximate surface area is 111 Å². The highest BCUT2D eigenvalue weighted by Gasteiger charge is 2.56. The van der Waals surface area contributed by atoms with E-state index in [9.17, 15) is 14.0 Å². The van der Waals surface area contributed by atoms with Gasteiger partial charge in [-0.05, 0) is 33.8 Å². The Morgan fingerprint density at radius 2 is 1.68 bits per heavy atom. The van der Waals surface area contributed by atoms with E-state index in [0.717, 1.165) is 0 Å². The Kier molecular flexibility index (Phi) is 3.00. The summed E-state index contributed by atoms with van der Waals surface area (Å²) in [4.78, 5) is 24.4. The Hall–Kier alpha value is -1.71. The zero-order valence-electron chi connectivity index (χ0n) is 11.5. The van der Waals surface area contributed by atoms with E-state index in [1.54, 1.807) is 32.0 Å². The van der Waals surface area contributed by atoms with E-state index in [4.69, 9.17) is 4.74 Å². The second-order valence-electron chi connectivity index (χ2n) is 5.98. The lowest BCUT2D eigenvalue weighted by atomic mass is 9.67. The van der Waals surface area contributed by atoms with E-state index in [1.165, 1.54) is 19.9 Å². The molecule has 1 aromatic rings. The van der Waals surface area contributed by atoms with Crippen LogP contribution in [-0.4, -0.2) is 11.8 Å². The fraction of sp³-hybridized carbons (Fsp3) is 0.467. The summed E-state index contributed by atoms with van der Waals surface area (Å²) in [7, 11) is 0. The number of rotatable bonds is 1. The number of esters is 1. The van der Waals surface area contributed by atoms with Gasteiger partial charge in [0.05, 0.1) is 5.41 Å². The first-order valence-corrected chi connectivity index (χ1v) is 6.19. The second-order valence-corrected chi connectivity index (χ2v) is 5.98. The van der Waals surface area contributed by atoms with E-state index >= 15 is 0 Å². The minimum absolute atomic E-state index is 0.232. The molecule has 0 amide bonds. The standard InChI is InChI=1S/C15H17FO3/c1-14(2)11(9-7-5-6-8-10(9)16)19-13(18)15(3,4)12(14)17/h5-8,11H,1-4H3/t11-/m0/s1. The number of ether oxygens (including phenoxy) is 1. The number of carbonyl (C=O) groups is 2. The fourth-order valence-electron chi connectivity index (χ4n) is 2.56. The van der Waals surface area contributed by atoms with Gasteiger partial charge in [-0.1, -0.05) is 18.2 Å². The molecule has 1 saturated heterocycles.